The van der Waals surface area contributed by atoms with Crippen molar-refractivity contribution < 1.29 is 0 Å². The van der Waals surface area contributed by atoms with Crippen LogP contribution in [0.5, 0.6) is 0 Å². The van der Waals surface area contributed by atoms with Gasteiger partial charge in [0.15, 0.2) is 0 Å². The molecule has 0 aliphatic rings. The van der Waals surface area contributed by atoms with E-state index in [2.05, 4.69) is 4.98 Å². The summed E-state index contributed by atoms with van der Waals surface area (Å²) in [5.74, 6) is 0. The van der Waals surface area contributed by atoms with Gasteiger partial charge in [-0.3, -0.25) is 4.79 Å². The van der Waals surface area contributed by atoms with Gasteiger partial charge in [-0.1, -0.05) is 42.5 Å². The first-order valence-corrected chi connectivity index (χ1v) is 7.96. The Morgan fingerprint density at radius 2 is 1.80 bits per heavy atom. The molecule has 4 heteroatoms. The molecule has 0 aliphatic heterocycles. The fourth-order valence-corrected chi connectivity index (χ4v) is 3.22. The lowest BCUT2D eigenvalue weighted by Gasteiger charge is -2.11. The Bertz CT molecular complexity index is 1190. The van der Waals surface area contributed by atoms with Crippen LogP contribution in [0.15, 0.2) is 71.7 Å². The molecule has 25 heavy (non-hydrogen) atoms. The van der Waals surface area contributed by atoms with Crippen LogP contribution in [-0.2, 0) is 7.05 Å². The lowest BCUT2D eigenvalue weighted by atomic mass is 9.99. The van der Waals surface area contributed by atoms with E-state index in [1.54, 1.807) is 0 Å². The summed E-state index contributed by atoms with van der Waals surface area (Å²) in [5.41, 5.74) is 2.88. The summed E-state index contributed by atoms with van der Waals surface area (Å²) in [6, 6.07) is 21.8. The van der Waals surface area contributed by atoms with E-state index in [1.165, 1.54) is 0 Å². The van der Waals surface area contributed by atoms with E-state index in [0.29, 0.717) is 11.3 Å². The quantitative estimate of drug-likeness (QED) is 0.604. The number of aromatic amines is 1. The van der Waals surface area contributed by atoms with E-state index < -0.39 is 0 Å². The van der Waals surface area contributed by atoms with Crippen LogP contribution < -0.4 is 5.56 Å². The molecular formula is C21H15N3O. The summed E-state index contributed by atoms with van der Waals surface area (Å²) < 4.78 is 1.91. The number of aromatic nitrogens is 2. The molecule has 0 amide bonds. The number of H-pyrrole nitrogens is 1. The SMILES string of the molecule is Cn1cccc1-c1cc(-c2cccc3ccccc23)[nH]c(=O)c1C#N. The Kier molecular flexibility index (Phi) is 3.48. The van der Waals surface area contributed by atoms with Crippen molar-refractivity contribution in [2.75, 3.05) is 0 Å². The van der Waals surface area contributed by atoms with Gasteiger partial charge in [-0.15, -0.1) is 0 Å². The Morgan fingerprint density at radius 3 is 2.56 bits per heavy atom. The standard InChI is InChI=1S/C21H15N3O/c1-24-11-5-10-20(24)17-12-19(23-21(25)18(17)13-22)16-9-4-7-14-6-2-3-8-15(14)16/h2-12H,1H3,(H,23,25). The first-order chi connectivity index (χ1) is 12.2. The average molecular weight is 325 g/mol. The van der Waals surface area contributed by atoms with Crippen molar-refractivity contribution >= 4 is 10.8 Å². The number of rotatable bonds is 2. The zero-order valence-corrected chi connectivity index (χ0v) is 13.7. The zero-order valence-electron chi connectivity index (χ0n) is 13.7. The Hall–Kier alpha value is -3.58. The average Bonchev–Trinajstić information content (AvgIpc) is 3.06. The third-order valence-corrected chi connectivity index (χ3v) is 4.44. The first kappa shape index (κ1) is 15.0. The number of hydrogen-bond donors (Lipinski definition) is 1. The number of aryl methyl sites for hydroxylation is 1. The molecule has 1 N–H and O–H groups in total. The van der Waals surface area contributed by atoms with Gasteiger partial charge >= 0.3 is 0 Å². The van der Waals surface area contributed by atoms with Crippen LogP contribution in [-0.4, -0.2) is 9.55 Å². The molecule has 4 rings (SSSR count). The molecule has 0 fully saturated rings. The molecule has 0 bridgehead atoms. The highest BCUT2D eigenvalue weighted by Crippen LogP contribution is 2.30. The predicted octanol–water partition coefficient (Wildman–Crippen LogP) is 4.07. The minimum Gasteiger partial charge on any atom is -0.351 e. The van der Waals surface area contributed by atoms with E-state index in [0.717, 1.165) is 22.0 Å². The number of nitrogens with zero attached hydrogens (tertiary/aromatic N) is 2. The Morgan fingerprint density at radius 1 is 1.00 bits per heavy atom. The van der Waals surface area contributed by atoms with E-state index >= 15 is 0 Å². The monoisotopic (exact) mass is 325 g/mol. The molecular weight excluding hydrogens is 310 g/mol. The van der Waals surface area contributed by atoms with Crippen LogP contribution in [0.3, 0.4) is 0 Å². The van der Waals surface area contributed by atoms with Crippen molar-refractivity contribution in [3.63, 3.8) is 0 Å². The van der Waals surface area contributed by atoms with Gasteiger partial charge in [-0.05, 0) is 29.0 Å². The first-order valence-electron chi connectivity index (χ1n) is 7.96. The van der Waals surface area contributed by atoms with Crippen LogP contribution in [0.1, 0.15) is 5.56 Å². The topological polar surface area (TPSA) is 61.6 Å². The van der Waals surface area contributed by atoms with Gasteiger partial charge in [0, 0.05) is 35.8 Å². The van der Waals surface area contributed by atoms with Crippen LogP contribution in [0.4, 0.5) is 0 Å². The maximum atomic E-state index is 12.5. The number of nitrogens with one attached hydrogen (secondary N) is 1. The van der Waals surface area contributed by atoms with Gasteiger partial charge < -0.3 is 9.55 Å². The molecule has 2 aromatic carbocycles. The number of benzene rings is 2. The van der Waals surface area contributed by atoms with Gasteiger partial charge in [0.1, 0.15) is 11.6 Å². The van der Waals surface area contributed by atoms with Gasteiger partial charge in [-0.2, -0.15) is 5.26 Å². The normalized spacial score (nSPS) is 10.7. The summed E-state index contributed by atoms with van der Waals surface area (Å²) in [6.45, 7) is 0. The second-order valence-corrected chi connectivity index (χ2v) is 5.94. The number of fused-ring (bicyclic) bond motifs is 1. The summed E-state index contributed by atoms with van der Waals surface area (Å²) in [7, 11) is 1.90. The number of pyridine rings is 1. The number of hydrogen-bond acceptors (Lipinski definition) is 2. The van der Waals surface area contributed by atoms with Crippen LogP contribution >= 0.6 is 0 Å². The van der Waals surface area contributed by atoms with Crippen LogP contribution in [0.2, 0.25) is 0 Å². The van der Waals surface area contributed by atoms with Crippen molar-refractivity contribution in [3.8, 4) is 28.6 Å². The van der Waals surface area contributed by atoms with Crippen LogP contribution in [0, 0.1) is 11.3 Å². The fourth-order valence-electron chi connectivity index (χ4n) is 3.22. The van der Waals surface area contributed by atoms with Crippen molar-refractivity contribution in [1.82, 2.24) is 9.55 Å². The van der Waals surface area contributed by atoms with Gasteiger partial charge in [0.05, 0.1) is 0 Å². The van der Waals surface area contributed by atoms with E-state index in [4.69, 9.17) is 0 Å². The Labute approximate surface area is 144 Å². The predicted molar refractivity (Wildman–Crippen MR) is 99.1 cm³/mol. The van der Waals surface area contributed by atoms with Gasteiger partial charge in [0.2, 0.25) is 0 Å². The van der Waals surface area contributed by atoms with Crippen LogP contribution in [0.25, 0.3) is 33.3 Å². The molecule has 4 aromatic rings. The molecule has 0 saturated heterocycles. The maximum Gasteiger partial charge on any atom is 0.267 e. The smallest absolute Gasteiger partial charge is 0.267 e. The number of nitriles is 1. The van der Waals surface area contributed by atoms with E-state index in [9.17, 15) is 10.1 Å². The lowest BCUT2D eigenvalue weighted by molar-refractivity contribution is 0.935. The van der Waals surface area contributed by atoms with Crippen molar-refractivity contribution in [2.45, 2.75) is 0 Å². The van der Waals surface area contributed by atoms with Gasteiger partial charge in [0.25, 0.3) is 5.56 Å². The second-order valence-electron chi connectivity index (χ2n) is 5.94. The molecule has 2 heterocycles. The minimum atomic E-state index is -0.371. The van der Waals surface area contributed by atoms with E-state index in [1.807, 2.05) is 84.5 Å². The van der Waals surface area contributed by atoms with Crippen molar-refractivity contribution in [1.29, 1.82) is 5.26 Å². The molecule has 0 aliphatic carbocycles. The molecule has 2 aromatic heterocycles. The largest absolute Gasteiger partial charge is 0.351 e. The highest BCUT2D eigenvalue weighted by Gasteiger charge is 2.15. The maximum absolute atomic E-state index is 12.5. The molecule has 0 radical (unpaired) electrons. The van der Waals surface area contributed by atoms with Gasteiger partial charge in [-0.25, -0.2) is 0 Å². The summed E-state index contributed by atoms with van der Waals surface area (Å²) in [6.07, 6.45) is 1.90. The second kappa shape index (κ2) is 5.81. The summed E-state index contributed by atoms with van der Waals surface area (Å²) in [4.78, 5) is 15.4. The van der Waals surface area contributed by atoms with Crippen molar-refractivity contribution in [3.05, 3.63) is 82.8 Å². The van der Waals surface area contributed by atoms with Crippen molar-refractivity contribution in [2.24, 2.45) is 7.05 Å². The summed E-state index contributed by atoms with van der Waals surface area (Å²) in [5, 5.41) is 11.6. The third-order valence-electron chi connectivity index (χ3n) is 4.44. The molecule has 0 atom stereocenters. The fraction of sp³-hybridized carbons (Fsp3) is 0.0476. The molecule has 0 unspecified atom stereocenters. The molecule has 4 nitrogen and oxygen atoms in total. The highest BCUT2D eigenvalue weighted by atomic mass is 16.1. The zero-order chi connectivity index (χ0) is 17.4. The molecule has 120 valence electrons. The highest BCUT2D eigenvalue weighted by molar-refractivity contribution is 5.96. The minimum absolute atomic E-state index is 0.130. The van der Waals surface area contributed by atoms with E-state index in [-0.39, 0.29) is 11.1 Å². The molecule has 0 spiro atoms. The lowest BCUT2D eigenvalue weighted by Crippen LogP contribution is -2.13. The summed E-state index contributed by atoms with van der Waals surface area (Å²) >= 11 is 0. The molecule has 0 saturated carbocycles. The third kappa shape index (κ3) is 2.43. The Balaban J connectivity index is 2.04.